The fourth-order valence-electron chi connectivity index (χ4n) is 2.86. The quantitative estimate of drug-likeness (QED) is 0.685. The predicted molar refractivity (Wildman–Crippen MR) is 81.2 cm³/mol. The van der Waals surface area contributed by atoms with Gasteiger partial charge in [0, 0.05) is 12.1 Å². The van der Waals surface area contributed by atoms with Crippen LogP contribution < -0.4 is 14.8 Å². The van der Waals surface area contributed by atoms with Gasteiger partial charge in [0.05, 0.1) is 0 Å². The van der Waals surface area contributed by atoms with Crippen LogP contribution in [-0.2, 0) is 4.79 Å². The van der Waals surface area contributed by atoms with Gasteiger partial charge in [-0.1, -0.05) is 31.7 Å². The van der Waals surface area contributed by atoms with E-state index in [-0.39, 0.29) is 12.7 Å². The van der Waals surface area contributed by atoms with E-state index in [0.717, 1.165) is 29.9 Å². The Balaban J connectivity index is 1.56. The van der Waals surface area contributed by atoms with E-state index < -0.39 is 0 Å². The van der Waals surface area contributed by atoms with E-state index in [1.165, 1.54) is 25.7 Å². The molecular formula is C17H21NO3. The van der Waals surface area contributed by atoms with Crippen LogP contribution in [-0.4, -0.2) is 18.7 Å². The van der Waals surface area contributed by atoms with Gasteiger partial charge in [-0.05, 0) is 36.6 Å². The van der Waals surface area contributed by atoms with Crippen molar-refractivity contribution in [2.45, 2.75) is 44.6 Å². The molecule has 1 aliphatic heterocycles. The van der Waals surface area contributed by atoms with Gasteiger partial charge in [0.25, 0.3) is 0 Å². The van der Waals surface area contributed by atoms with Crippen molar-refractivity contribution in [3.8, 4) is 11.5 Å². The fourth-order valence-corrected chi connectivity index (χ4v) is 2.86. The number of benzene rings is 1. The van der Waals surface area contributed by atoms with Gasteiger partial charge in [-0.3, -0.25) is 4.79 Å². The Hall–Kier alpha value is -1.97. The van der Waals surface area contributed by atoms with Gasteiger partial charge < -0.3 is 14.8 Å². The number of hydrogen-bond acceptors (Lipinski definition) is 3. The maximum Gasteiger partial charge on any atom is 0.244 e. The molecule has 0 aromatic heterocycles. The van der Waals surface area contributed by atoms with Gasteiger partial charge in [-0.2, -0.15) is 0 Å². The number of nitrogens with one attached hydrogen (secondary N) is 1. The summed E-state index contributed by atoms with van der Waals surface area (Å²) in [6, 6.07) is 6.01. The number of rotatable bonds is 3. The Labute approximate surface area is 125 Å². The molecule has 4 nitrogen and oxygen atoms in total. The lowest BCUT2D eigenvalue weighted by molar-refractivity contribution is -0.117. The minimum atomic E-state index is -0.0143. The molecule has 1 aromatic rings. The average molecular weight is 287 g/mol. The molecule has 0 bridgehead atoms. The first-order valence-corrected chi connectivity index (χ1v) is 7.69. The zero-order valence-electron chi connectivity index (χ0n) is 12.1. The molecule has 1 aromatic carbocycles. The fraction of sp³-hybridized carbons (Fsp3) is 0.471. The van der Waals surface area contributed by atoms with Crippen molar-refractivity contribution in [2.75, 3.05) is 6.79 Å². The number of carbonyl (C=O) groups excluding carboxylic acids is 1. The molecule has 1 heterocycles. The first-order chi connectivity index (χ1) is 10.3. The molecule has 21 heavy (non-hydrogen) atoms. The zero-order chi connectivity index (χ0) is 14.5. The van der Waals surface area contributed by atoms with Gasteiger partial charge in [0.1, 0.15) is 0 Å². The number of ether oxygens (including phenoxy) is 2. The van der Waals surface area contributed by atoms with Crippen molar-refractivity contribution in [1.29, 1.82) is 0 Å². The maximum atomic E-state index is 12.0. The highest BCUT2D eigenvalue weighted by molar-refractivity contribution is 5.92. The highest BCUT2D eigenvalue weighted by atomic mass is 16.7. The molecule has 112 valence electrons. The molecule has 4 heteroatoms. The smallest absolute Gasteiger partial charge is 0.244 e. The van der Waals surface area contributed by atoms with Crippen molar-refractivity contribution in [3.05, 3.63) is 29.8 Å². The zero-order valence-corrected chi connectivity index (χ0v) is 12.1. The minimum absolute atomic E-state index is 0.0143. The molecule has 0 atom stereocenters. The molecule has 1 aliphatic carbocycles. The number of amides is 1. The highest BCUT2D eigenvalue weighted by Gasteiger charge is 2.14. The Morgan fingerprint density at radius 2 is 1.86 bits per heavy atom. The van der Waals surface area contributed by atoms with Gasteiger partial charge >= 0.3 is 0 Å². The molecule has 2 aliphatic rings. The highest BCUT2D eigenvalue weighted by Crippen LogP contribution is 2.32. The minimum Gasteiger partial charge on any atom is -0.454 e. The summed E-state index contributed by atoms with van der Waals surface area (Å²) in [4.78, 5) is 12.0. The molecule has 1 N–H and O–H groups in total. The molecule has 0 spiro atoms. The lowest BCUT2D eigenvalue weighted by Gasteiger charge is -2.14. The third kappa shape index (κ3) is 3.78. The van der Waals surface area contributed by atoms with Crippen molar-refractivity contribution in [3.63, 3.8) is 0 Å². The third-order valence-corrected chi connectivity index (χ3v) is 4.03. The molecule has 3 rings (SSSR count). The van der Waals surface area contributed by atoms with E-state index in [2.05, 4.69) is 5.32 Å². The van der Waals surface area contributed by atoms with Crippen LogP contribution in [0.15, 0.2) is 24.3 Å². The lowest BCUT2D eigenvalue weighted by Crippen LogP contribution is -2.33. The monoisotopic (exact) mass is 287 g/mol. The normalized spacial score (nSPS) is 18.7. The first kappa shape index (κ1) is 14.0. The van der Waals surface area contributed by atoms with Crippen LogP contribution in [0, 0.1) is 0 Å². The number of carbonyl (C=O) groups is 1. The Bertz CT molecular complexity index is 531. The van der Waals surface area contributed by atoms with Crippen molar-refractivity contribution in [1.82, 2.24) is 5.32 Å². The Morgan fingerprint density at radius 1 is 1.10 bits per heavy atom. The van der Waals surface area contributed by atoms with E-state index in [1.54, 1.807) is 6.08 Å². The van der Waals surface area contributed by atoms with Crippen LogP contribution >= 0.6 is 0 Å². The molecule has 1 amide bonds. The summed E-state index contributed by atoms with van der Waals surface area (Å²) in [7, 11) is 0. The number of hydrogen-bond donors (Lipinski definition) is 1. The topological polar surface area (TPSA) is 47.6 Å². The van der Waals surface area contributed by atoms with Crippen LogP contribution in [0.1, 0.15) is 44.1 Å². The molecule has 0 saturated heterocycles. The number of fused-ring (bicyclic) bond motifs is 1. The van der Waals surface area contributed by atoms with Gasteiger partial charge in [-0.25, -0.2) is 0 Å². The summed E-state index contributed by atoms with van der Waals surface area (Å²) in [6.45, 7) is 0.269. The van der Waals surface area contributed by atoms with Crippen LogP contribution in [0.25, 0.3) is 6.08 Å². The van der Waals surface area contributed by atoms with E-state index in [0.29, 0.717) is 6.04 Å². The lowest BCUT2D eigenvalue weighted by atomic mass is 10.1. The third-order valence-electron chi connectivity index (χ3n) is 4.03. The second kappa shape index (κ2) is 6.66. The largest absolute Gasteiger partial charge is 0.454 e. The van der Waals surface area contributed by atoms with Crippen molar-refractivity contribution >= 4 is 12.0 Å². The maximum absolute atomic E-state index is 12.0. The van der Waals surface area contributed by atoms with Crippen molar-refractivity contribution in [2.24, 2.45) is 0 Å². The van der Waals surface area contributed by atoms with Gasteiger partial charge in [0.2, 0.25) is 12.7 Å². The van der Waals surface area contributed by atoms with E-state index >= 15 is 0 Å². The first-order valence-electron chi connectivity index (χ1n) is 7.69. The van der Waals surface area contributed by atoms with E-state index in [4.69, 9.17) is 9.47 Å². The second-order valence-electron chi connectivity index (χ2n) is 5.64. The predicted octanol–water partition coefficient (Wildman–Crippen LogP) is 3.27. The van der Waals surface area contributed by atoms with Crippen LogP contribution in [0.3, 0.4) is 0 Å². The summed E-state index contributed by atoms with van der Waals surface area (Å²) in [5, 5.41) is 3.10. The van der Waals surface area contributed by atoms with Crippen molar-refractivity contribution < 1.29 is 14.3 Å². The Kier molecular flexibility index (Phi) is 4.43. The van der Waals surface area contributed by atoms with E-state index in [1.807, 2.05) is 24.3 Å². The summed E-state index contributed by atoms with van der Waals surface area (Å²) < 4.78 is 10.6. The summed E-state index contributed by atoms with van der Waals surface area (Å²) in [5.41, 5.74) is 0.940. The molecule has 0 unspecified atom stereocenters. The van der Waals surface area contributed by atoms with Gasteiger partial charge in [0.15, 0.2) is 11.5 Å². The summed E-state index contributed by atoms with van der Waals surface area (Å²) in [5.74, 6) is 1.48. The SMILES string of the molecule is O=C(/C=C/c1ccc2c(c1)OCO2)NC1CCCCCC1. The molecule has 1 fully saturated rings. The van der Waals surface area contributed by atoms with Crippen LogP contribution in [0.2, 0.25) is 0 Å². The average Bonchev–Trinajstić information content (AvgIpc) is 2.81. The molecule has 1 saturated carbocycles. The van der Waals surface area contributed by atoms with Crippen LogP contribution in [0.5, 0.6) is 11.5 Å². The van der Waals surface area contributed by atoms with Gasteiger partial charge in [-0.15, -0.1) is 0 Å². The summed E-state index contributed by atoms with van der Waals surface area (Å²) in [6.07, 6.45) is 10.6. The molecular weight excluding hydrogens is 266 g/mol. The Morgan fingerprint density at radius 3 is 2.67 bits per heavy atom. The molecule has 0 radical (unpaired) electrons. The van der Waals surface area contributed by atoms with Crippen LogP contribution in [0.4, 0.5) is 0 Å². The van der Waals surface area contributed by atoms with E-state index in [9.17, 15) is 4.79 Å². The summed E-state index contributed by atoms with van der Waals surface area (Å²) >= 11 is 0. The standard InChI is InChI=1S/C17H21NO3/c19-17(18-14-5-3-1-2-4-6-14)10-8-13-7-9-15-16(11-13)21-12-20-15/h7-11,14H,1-6,12H2,(H,18,19)/b10-8+. The second-order valence-corrected chi connectivity index (χ2v) is 5.64.